The van der Waals surface area contributed by atoms with Crippen molar-refractivity contribution in [1.82, 2.24) is 20.5 Å². The molecule has 1 aromatic heterocycles. The SMILES string of the molecule is Nc1cncc(CNCc2ccc3c(c2)C(=O)N(C2CCC(=O)NC2=O)C3=O)c1. The van der Waals surface area contributed by atoms with Crippen LogP contribution >= 0.6 is 0 Å². The summed E-state index contributed by atoms with van der Waals surface area (Å²) in [6.45, 7) is 1.02. The summed E-state index contributed by atoms with van der Waals surface area (Å²) in [5, 5.41) is 5.43. The molecule has 1 saturated heterocycles. The fourth-order valence-corrected chi connectivity index (χ4v) is 3.58. The predicted molar refractivity (Wildman–Crippen MR) is 102 cm³/mol. The molecular formula is C20H19N5O4. The van der Waals surface area contributed by atoms with Gasteiger partial charge in [-0.2, -0.15) is 0 Å². The lowest BCUT2D eigenvalue weighted by molar-refractivity contribution is -0.136. The van der Waals surface area contributed by atoms with E-state index in [-0.39, 0.29) is 24.0 Å². The Balaban J connectivity index is 1.47. The van der Waals surface area contributed by atoms with E-state index in [2.05, 4.69) is 15.6 Å². The standard InChI is InChI=1S/C20H19N5O4/c21-13-5-12(9-23-10-13)8-22-7-11-1-2-14-15(6-11)20(29)25(19(14)28)16-3-4-17(26)24-18(16)27/h1-2,5-6,9-10,16,22H,3-4,7-8,21H2,(H,24,26,27). The average Bonchev–Trinajstić information content (AvgIpc) is 2.93. The Bertz CT molecular complexity index is 1040. The zero-order valence-electron chi connectivity index (χ0n) is 15.5. The Morgan fingerprint density at radius 3 is 2.55 bits per heavy atom. The molecule has 1 unspecified atom stereocenters. The van der Waals surface area contributed by atoms with Crippen LogP contribution in [0.25, 0.3) is 0 Å². The summed E-state index contributed by atoms with van der Waals surface area (Å²) in [5.41, 5.74) is 8.59. The van der Waals surface area contributed by atoms with Crippen molar-refractivity contribution in [2.24, 2.45) is 0 Å². The molecule has 9 heteroatoms. The van der Waals surface area contributed by atoms with Gasteiger partial charge >= 0.3 is 0 Å². The largest absolute Gasteiger partial charge is 0.397 e. The third-order valence-electron chi connectivity index (χ3n) is 4.98. The molecular weight excluding hydrogens is 374 g/mol. The van der Waals surface area contributed by atoms with Crippen LogP contribution in [0.2, 0.25) is 0 Å². The smallest absolute Gasteiger partial charge is 0.262 e. The number of nitrogens with two attached hydrogens (primary N) is 1. The van der Waals surface area contributed by atoms with Crippen LogP contribution in [0.4, 0.5) is 5.69 Å². The van der Waals surface area contributed by atoms with Crippen LogP contribution in [0.5, 0.6) is 0 Å². The number of fused-ring (bicyclic) bond motifs is 1. The van der Waals surface area contributed by atoms with Crippen LogP contribution in [0.3, 0.4) is 0 Å². The van der Waals surface area contributed by atoms with Gasteiger partial charge in [0.2, 0.25) is 11.8 Å². The van der Waals surface area contributed by atoms with E-state index >= 15 is 0 Å². The highest BCUT2D eigenvalue weighted by atomic mass is 16.2. The number of hydrogen-bond donors (Lipinski definition) is 3. The first-order valence-electron chi connectivity index (χ1n) is 9.18. The second-order valence-corrected chi connectivity index (χ2v) is 7.06. The quantitative estimate of drug-likeness (QED) is 0.624. The van der Waals surface area contributed by atoms with Gasteiger partial charge in [0, 0.05) is 31.9 Å². The molecule has 3 heterocycles. The number of amides is 4. The van der Waals surface area contributed by atoms with E-state index < -0.39 is 29.7 Å². The molecule has 4 N–H and O–H groups in total. The molecule has 148 valence electrons. The van der Waals surface area contributed by atoms with E-state index in [1.54, 1.807) is 30.6 Å². The van der Waals surface area contributed by atoms with Gasteiger partial charge in [-0.1, -0.05) is 6.07 Å². The van der Waals surface area contributed by atoms with E-state index in [1.807, 2.05) is 6.07 Å². The van der Waals surface area contributed by atoms with Gasteiger partial charge in [-0.05, 0) is 35.7 Å². The Labute approximate surface area is 166 Å². The number of anilines is 1. The van der Waals surface area contributed by atoms with Crippen molar-refractivity contribution < 1.29 is 19.2 Å². The maximum absolute atomic E-state index is 12.8. The van der Waals surface area contributed by atoms with Gasteiger partial charge in [0.25, 0.3) is 11.8 Å². The summed E-state index contributed by atoms with van der Waals surface area (Å²) in [6.07, 6.45) is 3.52. The molecule has 29 heavy (non-hydrogen) atoms. The zero-order chi connectivity index (χ0) is 20.5. The highest BCUT2D eigenvalue weighted by Crippen LogP contribution is 2.28. The molecule has 0 spiro atoms. The third-order valence-corrected chi connectivity index (χ3v) is 4.98. The van der Waals surface area contributed by atoms with Crippen molar-refractivity contribution in [1.29, 1.82) is 0 Å². The number of rotatable bonds is 5. The number of aromatic nitrogens is 1. The zero-order valence-corrected chi connectivity index (χ0v) is 15.5. The molecule has 1 atom stereocenters. The van der Waals surface area contributed by atoms with Gasteiger partial charge in [-0.25, -0.2) is 0 Å². The Hall–Kier alpha value is -3.59. The van der Waals surface area contributed by atoms with Crippen LogP contribution in [0.1, 0.15) is 44.7 Å². The number of nitrogens with zero attached hydrogens (tertiary/aromatic N) is 2. The van der Waals surface area contributed by atoms with Gasteiger partial charge in [-0.15, -0.1) is 0 Å². The van der Waals surface area contributed by atoms with Crippen molar-refractivity contribution in [3.05, 3.63) is 58.9 Å². The van der Waals surface area contributed by atoms with E-state index in [0.29, 0.717) is 18.8 Å². The fraction of sp³-hybridized carbons (Fsp3) is 0.250. The Kier molecular flexibility index (Phi) is 4.81. The summed E-state index contributed by atoms with van der Waals surface area (Å²) in [6, 6.07) is 5.88. The van der Waals surface area contributed by atoms with Crippen LogP contribution in [0.15, 0.2) is 36.7 Å². The normalized spacial score (nSPS) is 18.8. The van der Waals surface area contributed by atoms with Crippen LogP contribution in [-0.2, 0) is 22.7 Å². The lowest BCUT2D eigenvalue weighted by atomic mass is 10.0. The molecule has 0 saturated carbocycles. The predicted octanol–water partition coefficient (Wildman–Crippen LogP) is 0.355. The number of hydrogen-bond acceptors (Lipinski definition) is 7. The summed E-state index contributed by atoms with van der Waals surface area (Å²) in [7, 11) is 0. The summed E-state index contributed by atoms with van der Waals surface area (Å²) >= 11 is 0. The number of imide groups is 2. The molecule has 2 aliphatic rings. The molecule has 0 bridgehead atoms. The lowest BCUT2D eigenvalue weighted by Gasteiger charge is -2.27. The van der Waals surface area contributed by atoms with Crippen molar-refractivity contribution in [3.63, 3.8) is 0 Å². The number of carbonyl (C=O) groups excluding carboxylic acids is 4. The van der Waals surface area contributed by atoms with Gasteiger partial charge in [0.15, 0.2) is 0 Å². The highest BCUT2D eigenvalue weighted by molar-refractivity contribution is 6.23. The van der Waals surface area contributed by atoms with Crippen LogP contribution in [-0.4, -0.2) is 39.6 Å². The molecule has 1 aromatic carbocycles. The molecule has 2 aromatic rings. The fourth-order valence-electron chi connectivity index (χ4n) is 3.58. The third kappa shape index (κ3) is 3.59. The number of piperidine rings is 1. The number of carbonyl (C=O) groups is 4. The molecule has 9 nitrogen and oxygen atoms in total. The van der Waals surface area contributed by atoms with Gasteiger partial charge < -0.3 is 11.1 Å². The molecule has 4 rings (SSSR count). The molecule has 0 radical (unpaired) electrons. The van der Waals surface area contributed by atoms with Crippen LogP contribution < -0.4 is 16.4 Å². The first-order valence-corrected chi connectivity index (χ1v) is 9.18. The van der Waals surface area contributed by atoms with Crippen LogP contribution in [0, 0.1) is 0 Å². The Morgan fingerprint density at radius 1 is 1.03 bits per heavy atom. The number of benzene rings is 1. The van der Waals surface area contributed by atoms with Crippen molar-refractivity contribution >= 4 is 29.3 Å². The molecule has 2 aliphatic heterocycles. The lowest BCUT2D eigenvalue weighted by Crippen LogP contribution is -2.54. The topological polar surface area (TPSA) is 134 Å². The summed E-state index contributed by atoms with van der Waals surface area (Å²) in [4.78, 5) is 53.9. The monoisotopic (exact) mass is 393 g/mol. The second kappa shape index (κ2) is 7.44. The summed E-state index contributed by atoms with van der Waals surface area (Å²) < 4.78 is 0. The minimum Gasteiger partial charge on any atom is -0.397 e. The minimum absolute atomic E-state index is 0.0951. The molecule has 4 amide bonds. The van der Waals surface area contributed by atoms with Gasteiger partial charge in [0.1, 0.15) is 6.04 Å². The summed E-state index contributed by atoms with van der Waals surface area (Å²) in [5.74, 6) is -2.04. The van der Waals surface area contributed by atoms with Gasteiger partial charge in [-0.3, -0.25) is 34.4 Å². The molecule has 0 aliphatic carbocycles. The van der Waals surface area contributed by atoms with Crippen molar-refractivity contribution in [2.45, 2.75) is 32.0 Å². The second-order valence-electron chi connectivity index (χ2n) is 7.06. The van der Waals surface area contributed by atoms with Gasteiger partial charge in [0.05, 0.1) is 16.8 Å². The number of nitrogen functional groups attached to an aromatic ring is 1. The maximum atomic E-state index is 12.8. The minimum atomic E-state index is -0.960. The van der Waals surface area contributed by atoms with Crippen molar-refractivity contribution in [2.75, 3.05) is 5.73 Å². The number of pyridine rings is 1. The van der Waals surface area contributed by atoms with E-state index in [0.717, 1.165) is 16.0 Å². The van der Waals surface area contributed by atoms with Crippen molar-refractivity contribution in [3.8, 4) is 0 Å². The molecule has 1 fully saturated rings. The van der Waals surface area contributed by atoms with E-state index in [9.17, 15) is 19.2 Å². The highest BCUT2D eigenvalue weighted by Gasteiger charge is 2.44. The maximum Gasteiger partial charge on any atom is 0.262 e. The first kappa shape index (κ1) is 18.8. The first-order chi connectivity index (χ1) is 13.9. The van der Waals surface area contributed by atoms with E-state index in [1.165, 1.54) is 0 Å². The Morgan fingerprint density at radius 2 is 1.79 bits per heavy atom. The number of nitrogens with one attached hydrogen (secondary N) is 2. The van der Waals surface area contributed by atoms with E-state index in [4.69, 9.17) is 5.73 Å². The average molecular weight is 393 g/mol.